The Morgan fingerprint density at radius 1 is 1.33 bits per heavy atom. The fraction of sp³-hybridized carbons (Fsp3) is 0.421. The maximum absolute atomic E-state index is 12.6. The highest BCUT2D eigenvalue weighted by atomic mass is 16.5. The van der Waals surface area contributed by atoms with Crippen molar-refractivity contribution in [3.8, 4) is 5.75 Å². The Morgan fingerprint density at radius 3 is 2.88 bits per heavy atom. The second-order valence-corrected chi connectivity index (χ2v) is 6.69. The Balaban J connectivity index is 1.60. The molecule has 5 nitrogen and oxygen atoms in total. The van der Waals surface area contributed by atoms with Gasteiger partial charge in [-0.15, -0.1) is 0 Å². The van der Waals surface area contributed by atoms with Crippen molar-refractivity contribution >= 4 is 5.91 Å². The predicted molar refractivity (Wildman–Crippen MR) is 88.0 cm³/mol. The predicted octanol–water partition coefficient (Wildman–Crippen LogP) is 2.76. The van der Waals surface area contributed by atoms with Crippen LogP contribution in [0, 0.1) is 12.8 Å². The molecule has 2 aliphatic rings. The number of rotatable bonds is 4. The topological polar surface area (TPSA) is 71.7 Å². The molecule has 1 saturated carbocycles. The van der Waals surface area contributed by atoms with E-state index in [1.807, 2.05) is 12.1 Å². The monoisotopic (exact) mass is 327 g/mol. The van der Waals surface area contributed by atoms with E-state index in [0.29, 0.717) is 30.8 Å². The van der Waals surface area contributed by atoms with E-state index >= 15 is 0 Å². The third-order valence-corrected chi connectivity index (χ3v) is 5.08. The summed E-state index contributed by atoms with van der Waals surface area (Å²) in [6.45, 7) is 2.50. The number of nitrogens with one attached hydrogen (secondary N) is 1. The molecule has 0 spiro atoms. The highest BCUT2D eigenvalue weighted by Gasteiger charge is 2.36. The molecule has 0 saturated heterocycles. The average Bonchev–Trinajstić information content (AvgIpc) is 3.17. The molecule has 0 bridgehead atoms. The van der Waals surface area contributed by atoms with E-state index in [9.17, 15) is 9.90 Å². The van der Waals surface area contributed by atoms with Crippen LogP contribution < -0.4 is 10.1 Å². The second kappa shape index (κ2) is 5.98. The molecule has 1 aromatic heterocycles. The van der Waals surface area contributed by atoms with Gasteiger partial charge in [-0.2, -0.15) is 0 Å². The van der Waals surface area contributed by atoms with Crippen molar-refractivity contribution in [3.63, 3.8) is 0 Å². The highest BCUT2D eigenvalue weighted by Crippen LogP contribution is 2.40. The number of aliphatic hydroxyl groups is 1. The van der Waals surface area contributed by atoms with Crippen molar-refractivity contribution < 1.29 is 19.1 Å². The molecule has 126 valence electrons. The molecule has 2 N–H and O–H groups in total. The second-order valence-electron chi connectivity index (χ2n) is 6.69. The van der Waals surface area contributed by atoms with Gasteiger partial charge in [0.2, 0.25) is 0 Å². The van der Waals surface area contributed by atoms with E-state index in [-0.39, 0.29) is 24.0 Å². The summed E-state index contributed by atoms with van der Waals surface area (Å²) in [5.74, 6) is 1.66. The van der Waals surface area contributed by atoms with Gasteiger partial charge in [0, 0.05) is 6.42 Å². The van der Waals surface area contributed by atoms with Crippen molar-refractivity contribution in [2.24, 2.45) is 5.92 Å². The van der Waals surface area contributed by atoms with Gasteiger partial charge in [-0.05, 0) is 55.0 Å². The summed E-state index contributed by atoms with van der Waals surface area (Å²) in [4.78, 5) is 12.6. The van der Waals surface area contributed by atoms with E-state index < -0.39 is 0 Å². The van der Waals surface area contributed by atoms with Crippen LogP contribution in [0.4, 0.5) is 0 Å². The normalized spacial score (nSPS) is 23.1. The van der Waals surface area contributed by atoms with Crippen molar-refractivity contribution in [3.05, 3.63) is 53.0 Å². The third kappa shape index (κ3) is 2.69. The number of amides is 1. The fourth-order valence-corrected chi connectivity index (χ4v) is 3.61. The minimum absolute atomic E-state index is 0.110. The number of aryl methyl sites for hydroxylation is 1. The first kappa shape index (κ1) is 15.3. The van der Waals surface area contributed by atoms with Gasteiger partial charge in [-0.25, -0.2) is 0 Å². The Kier molecular flexibility index (Phi) is 3.81. The SMILES string of the molecule is Cc1occc1C(=O)N[C@@H](c1ccc2c(c1)CCO2)C1CC(O)C1. The Labute approximate surface area is 140 Å². The van der Waals surface area contributed by atoms with Gasteiger partial charge in [0.1, 0.15) is 11.5 Å². The summed E-state index contributed by atoms with van der Waals surface area (Å²) in [7, 11) is 0. The van der Waals surface area contributed by atoms with Crippen LogP contribution in [0.1, 0.15) is 46.1 Å². The van der Waals surface area contributed by atoms with Crippen LogP contribution in [0.25, 0.3) is 0 Å². The Hall–Kier alpha value is -2.27. The number of furan rings is 1. The molecule has 24 heavy (non-hydrogen) atoms. The summed E-state index contributed by atoms with van der Waals surface area (Å²) in [5, 5.41) is 12.8. The molecule has 1 fully saturated rings. The standard InChI is InChI=1S/C19H21NO4/c1-11-16(5-7-23-11)19(22)20-18(14-9-15(21)10-14)13-2-3-17-12(8-13)4-6-24-17/h2-3,5,7-8,14-15,18,21H,4,6,9-10H2,1H3,(H,20,22)/t14?,15?,18-/m0/s1. The molecule has 0 unspecified atom stereocenters. The Morgan fingerprint density at radius 2 is 2.17 bits per heavy atom. The number of carbonyl (C=O) groups excluding carboxylic acids is 1. The summed E-state index contributed by atoms with van der Waals surface area (Å²) < 4.78 is 10.8. The van der Waals surface area contributed by atoms with E-state index in [2.05, 4.69) is 11.4 Å². The number of aliphatic hydroxyl groups excluding tert-OH is 1. The van der Waals surface area contributed by atoms with E-state index in [1.54, 1.807) is 13.0 Å². The lowest BCUT2D eigenvalue weighted by Gasteiger charge is -2.38. The molecule has 2 aromatic rings. The van der Waals surface area contributed by atoms with Crippen LogP contribution in [0.3, 0.4) is 0 Å². The lowest BCUT2D eigenvalue weighted by Crippen LogP contribution is -2.41. The van der Waals surface area contributed by atoms with Crippen LogP contribution >= 0.6 is 0 Å². The number of hydrogen-bond donors (Lipinski definition) is 2. The first-order valence-electron chi connectivity index (χ1n) is 8.40. The summed E-state index contributed by atoms with van der Waals surface area (Å²) >= 11 is 0. The van der Waals surface area contributed by atoms with Crippen LogP contribution in [-0.4, -0.2) is 23.7 Å². The molecule has 4 rings (SSSR count). The molecule has 1 atom stereocenters. The summed E-state index contributed by atoms with van der Waals surface area (Å²) in [6.07, 6.45) is 3.59. The van der Waals surface area contributed by atoms with Gasteiger partial charge in [0.15, 0.2) is 0 Å². The molecular formula is C19H21NO4. The van der Waals surface area contributed by atoms with Crippen LogP contribution in [0.5, 0.6) is 5.75 Å². The van der Waals surface area contributed by atoms with Crippen molar-refractivity contribution in [1.29, 1.82) is 0 Å². The molecule has 1 amide bonds. The molecule has 1 aliphatic carbocycles. The highest BCUT2D eigenvalue weighted by molar-refractivity contribution is 5.95. The van der Waals surface area contributed by atoms with Gasteiger partial charge in [0.25, 0.3) is 5.91 Å². The van der Waals surface area contributed by atoms with Crippen LogP contribution in [0.15, 0.2) is 34.9 Å². The van der Waals surface area contributed by atoms with Crippen LogP contribution in [0.2, 0.25) is 0 Å². The largest absolute Gasteiger partial charge is 0.493 e. The zero-order chi connectivity index (χ0) is 16.7. The minimum atomic E-state index is -0.261. The molecule has 5 heteroatoms. The van der Waals surface area contributed by atoms with Gasteiger partial charge in [-0.1, -0.05) is 6.07 Å². The molecule has 0 radical (unpaired) electrons. The first-order valence-corrected chi connectivity index (χ1v) is 8.40. The first-order chi connectivity index (χ1) is 11.6. The molecule has 2 heterocycles. The number of carbonyl (C=O) groups is 1. The molecule has 1 aromatic carbocycles. The lowest BCUT2D eigenvalue weighted by molar-refractivity contribution is 0.0235. The van der Waals surface area contributed by atoms with Crippen molar-refractivity contribution in [2.75, 3.05) is 6.61 Å². The zero-order valence-electron chi connectivity index (χ0n) is 13.6. The fourth-order valence-electron chi connectivity index (χ4n) is 3.61. The van der Waals surface area contributed by atoms with E-state index in [0.717, 1.165) is 17.7 Å². The minimum Gasteiger partial charge on any atom is -0.493 e. The van der Waals surface area contributed by atoms with E-state index in [1.165, 1.54) is 11.8 Å². The van der Waals surface area contributed by atoms with Gasteiger partial charge < -0.3 is 19.6 Å². The zero-order valence-corrected chi connectivity index (χ0v) is 13.6. The Bertz CT molecular complexity index is 760. The van der Waals surface area contributed by atoms with Gasteiger partial charge in [-0.3, -0.25) is 4.79 Å². The summed E-state index contributed by atoms with van der Waals surface area (Å²) in [5.41, 5.74) is 2.82. The number of hydrogen-bond acceptors (Lipinski definition) is 4. The van der Waals surface area contributed by atoms with Crippen molar-refractivity contribution in [2.45, 2.75) is 38.3 Å². The summed E-state index contributed by atoms with van der Waals surface area (Å²) in [6, 6.07) is 7.70. The molecular weight excluding hydrogens is 306 g/mol. The third-order valence-electron chi connectivity index (χ3n) is 5.08. The smallest absolute Gasteiger partial charge is 0.255 e. The lowest BCUT2D eigenvalue weighted by atomic mass is 9.74. The maximum Gasteiger partial charge on any atom is 0.255 e. The van der Waals surface area contributed by atoms with Gasteiger partial charge >= 0.3 is 0 Å². The van der Waals surface area contributed by atoms with Crippen molar-refractivity contribution in [1.82, 2.24) is 5.32 Å². The quantitative estimate of drug-likeness (QED) is 0.906. The van der Waals surface area contributed by atoms with Crippen LogP contribution in [-0.2, 0) is 6.42 Å². The number of benzene rings is 1. The molecule has 1 aliphatic heterocycles. The van der Waals surface area contributed by atoms with Gasteiger partial charge in [0.05, 0.1) is 30.6 Å². The van der Waals surface area contributed by atoms with E-state index in [4.69, 9.17) is 9.15 Å². The number of ether oxygens (including phenoxy) is 1. The maximum atomic E-state index is 12.6. The average molecular weight is 327 g/mol. The number of fused-ring (bicyclic) bond motifs is 1.